The van der Waals surface area contributed by atoms with Crippen molar-refractivity contribution >= 4 is 15.9 Å². The molecule has 0 radical (unpaired) electrons. The van der Waals surface area contributed by atoms with Gasteiger partial charge in [0.1, 0.15) is 5.75 Å². The largest absolute Gasteiger partial charge is 0.494 e. The minimum absolute atomic E-state index is 0.0610. The van der Waals surface area contributed by atoms with Gasteiger partial charge in [0, 0.05) is 25.0 Å². The molecule has 1 aromatic carbocycles. The highest BCUT2D eigenvalue weighted by Crippen LogP contribution is 2.20. The molecule has 28 heavy (non-hydrogen) atoms. The van der Waals surface area contributed by atoms with E-state index in [1.807, 2.05) is 6.92 Å². The van der Waals surface area contributed by atoms with Crippen molar-refractivity contribution in [3.63, 3.8) is 0 Å². The van der Waals surface area contributed by atoms with Gasteiger partial charge in [0.2, 0.25) is 15.9 Å². The number of hydrogen-bond acceptors (Lipinski definition) is 5. The van der Waals surface area contributed by atoms with E-state index in [0.717, 1.165) is 13.1 Å². The van der Waals surface area contributed by atoms with Crippen molar-refractivity contribution < 1.29 is 17.9 Å². The first-order valence-corrected chi connectivity index (χ1v) is 11.5. The zero-order valence-electron chi connectivity index (χ0n) is 17.2. The minimum Gasteiger partial charge on any atom is -0.494 e. The van der Waals surface area contributed by atoms with Crippen LogP contribution >= 0.6 is 0 Å². The fraction of sp³-hybridized carbons (Fsp3) is 0.650. The smallest absolute Gasteiger partial charge is 0.240 e. The molecule has 158 valence electrons. The van der Waals surface area contributed by atoms with Crippen LogP contribution in [0.25, 0.3) is 0 Å². The quantitative estimate of drug-likeness (QED) is 0.616. The molecule has 1 amide bonds. The number of nitrogens with zero attached hydrogens (tertiary/aromatic N) is 1. The van der Waals surface area contributed by atoms with Gasteiger partial charge in [-0.25, -0.2) is 13.1 Å². The highest BCUT2D eigenvalue weighted by atomic mass is 32.2. The highest BCUT2D eigenvalue weighted by Gasteiger charge is 2.28. The molecule has 7 nitrogen and oxygen atoms in total. The van der Waals surface area contributed by atoms with Gasteiger partial charge < -0.3 is 10.1 Å². The molecule has 0 spiro atoms. The second-order valence-corrected chi connectivity index (χ2v) is 9.46. The average molecular weight is 412 g/mol. The van der Waals surface area contributed by atoms with Gasteiger partial charge in [-0.3, -0.25) is 9.69 Å². The van der Waals surface area contributed by atoms with E-state index < -0.39 is 10.0 Å². The lowest BCUT2D eigenvalue weighted by Gasteiger charge is -2.41. The van der Waals surface area contributed by atoms with Crippen LogP contribution in [0.15, 0.2) is 29.2 Å². The van der Waals surface area contributed by atoms with E-state index in [9.17, 15) is 13.2 Å². The molecule has 0 atom stereocenters. The Hall–Kier alpha value is -1.64. The standard InChI is InChI=1S/C20H33N3O4S/c1-4-27-17-8-10-18(11-9-17)28(25,26)22-13-12-19(24)21-16-20(2,3)23-14-6-5-7-15-23/h8-11,22H,4-7,12-16H2,1-3H3,(H,21,24). The lowest BCUT2D eigenvalue weighted by molar-refractivity contribution is -0.121. The van der Waals surface area contributed by atoms with Gasteiger partial charge in [-0.2, -0.15) is 0 Å². The Balaban J connectivity index is 1.76. The van der Waals surface area contributed by atoms with Crippen LogP contribution in [-0.4, -0.2) is 57.5 Å². The van der Waals surface area contributed by atoms with Gasteiger partial charge in [-0.1, -0.05) is 6.42 Å². The van der Waals surface area contributed by atoms with E-state index in [1.165, 1.54) is 31.4 Å². The number of benzene rings is 1. The zero-order valence-corrected chi connectivity index (χ0v) is 18.0. The monoisotopic (exact) mass is 411 g/mol. The van der Waals surface area contributed by atoms with Gasteiger partial charge >= 0.3 is 0 Å². The number of carbonyl (C=O) groups excluding carboxylic acids is 1. The molecule has 8 heteroatoms. The molecule has 1 aromatic rings. The maximum absolute atomic E-state index is 12.3. The number of nitrogens with one attached hydrogen (secondary N) is 2. The number of rotatable bonds is 10. The summed E-state index contributed by atoms with van der Waals surface area (Å²) in [4.78, 5) is 14.7. The van der Waals surface area contributed by atoms with Crippen LogP contribution in [0.1, 0.15) is 46.5 Å². The number of ether oxygens (including phenoxy) is 1. The van der Waals surface area contributed by atoms with Crippen LogP contribution < -0.4 is 14.8 Å². The van der Waals surface area contributed by atoms with Crippen molar-refractivity contribution in [3.05, 3.63) is 24.3 Å². The summed E-state index contributed by atoms with van der Waals surface area (Å²) < 4.78 is 32.4. The van der Waals surface area contributed by atoms with Crippen molar-refractivity contribution in [2.45, 2.75) is 56.9 Å². The first-order valence-electron chi connectivity index (χ1n) is 9.99. The average Bonchev–Trinajstić information content (AvgIpc) is 2.68. The molecule has 1 saturated heterocycles. The maximum Gasteiger partial charge on any atom is 0.240 e. The number of piperidine rings is 1. The molecular formula is C20H33N3O4S. The summed E-state index contributed by atoms with van der Waals surface area (Å²) in [6.45, 7) is 9.39. The molecular weight excluding hydrogens is 378 g/mol. The van der Waals surface area contributed by atoms with Crippen LogP contribution in [0.2, 0.25) is 0 Å². The molecule has 0 bridgehead atoms. The third kappa shape index (κ3) is 6.76. The Morgan fingerprint density at radius 3 is 2.39 bits per heavy atom. The topological polar surface area (TPSA) is 87.7 Å². The molecule has 1 heterocycles. The fourth-order valence-electron chi connectivity index (χ4n) is 3.28. The fourth-order valence-corrected chi connectivity index (χ4v) is 4.31. The molecule has 1 aliphatic rings. The van der Waals surface area contributed by atoms with Crippen molar-refractivity contribution in [3.8, 4) is 5.75 Å². The number of likely N-dealkylation sites (tertiary alicyclic amines) is 1. The van der Waals surface area contributed by atoms with Crippen LogP contribution in [0.3, 0.4) is 0 Å². The Kier molecular flexibility index (Phi) is 8.27. The van der Waals surface area contributed by atoms with Crippen molar-refractivity contribution in [2.24, 2.45) is 0 Å². The summed E-state index contributed by atoms with van der Waals surface area (Å²) in [5.41, 5.74) is -0.0993. The first kappa shape index (κ1) is 22.6. The van der Waals surface area contributed by atoms with Gasteiger partial charge in [0.05, 0.1) is 11.5 Å². The third-order valence-electron chi connectivity index (χ3n) is 5.02. The molecule has 1 fully saturated rings. The molecule has 0 aliphatic carbocycles. The zero-order chi connectivity index (χ0) is 20.6. The summed E-state index contributed by atoms with van der Waals surface area (Å²) in [6, 6.07) is 6.23. The van der Waals surface area contributed by atoms with Crippen molar-refractivity contribution in [1.29, 1.82) is 0 Å². The van der Waals surface area contributed by atoms with E-state index >= 15 is 0 Å². The predicted octanol–water partition coefficient (Wildman–Crippen LogP) is 2.13. The summed E-state index contributed by atoms with van der Waals surface area (Å²) in [7, 11) is -3.64. The lowest BCUT2D eigenvalue weighted by Crippen LogP contribution is -2.53. The summed E-state index contributed by atoms with van der Waals surface area (Å²) in [5.74, 6) is 0.469. The van der Waals surface area contributed by atoms with E-state index in [4.69, 9.17) is 4.74 Å². The molecule has 2 N–H and O–H groups in total. The van der Waals surface area contributed by atoms with Crippen molar-refractivity contribution in [1.82, 2.24) is 14.9 Å². The first-order chi connectivity index (χ1) is 13.2. The summed E-state index contributed by atoms with van der Waals surface area (Å²) in [5, 5.41) is 2.94. The van der Waals surface area contributed by atoms with Crippen molar-refractivity contribution in [2.75, 3.05) is 32.8 Å². The Labute approximate surface area is 168 Å². The van der Waals surface area contributed by atoms with Crippen LogP contribution in [-0.2, 0) is 14.8 Å². The van der Waals surface area contributed by atoms with Gasteiger partial charge in [0.25, 0.3) is 0 Å². The summed E-state index contributed by atoms with van der Waals surface area (Å²) in [6.07, 6.45) is 3.77. The number of carbonyl (C=O) groups is 1. The number of amides is 1. The third-order valence-corrected chi connectivity index (χ3v) is 6.50. The van der Waals surface area contributed by atoms with Crippen LogP contribution in [0.5, 0.6) is 5.75 Å². The molecule has 2 rings (SSSR count). The second-order valence-electron chi connectivity index (χ2n) is 7.69. The van der Waals surface area contributed by atoms with Crippen LogP contribution in [0.4, 0.5) is 0 Å². The van der Waals surface area contributed by atoms with E-state index in [0.29, 0.717) is 18.9 Å². The van der Waals surface area contributed by atoms with E-state index in [1.54, 1.807) is 12.1 Å². The Morgan fingerprint density at radius 1 is 1.14 bits per heavy atom. The maximum atomic E-state index is 12.3. The highest BCUT2D eigenvalue weighted by molar-refractivity contribution is 7.89. The Morgan fingerprint density at radius 2 is 1.79 bits per heavy atom. The van der Waals surface area contributed by atoms with Crippen LogP contribution in [0, 0.1) is 0 Å². The van der Waals surface area contributed by atoms with E-state index in [-0.39, 0.29) is 29.3 Å². The molecule has 0 saturated carbocycles. The second kappa shape index (κ2) is 10.2. The SMILES string of the molecule is CCOc1ccc(S(=O)(=O)NCCC(=O)NCC(C)(C)N2CCCCC2)cc1. The Bertz CT molecular complexity index is 726. The van der Waals surface area contributed by atoms with Gasteiger partial charge in [-0.05, 0) is 71.0 Å². The van der Waals surface area contributed by atoms with Gasteiger partial charge in [-0.15, -0.1) is 0 Å². The molecule has 0 aromatic heterocycles. The van der Waals surface area contributed by atoms with E-state index in [2.05, 4.69) is 28.8 Å². The van der Waals surface area contributed by atoms with Gasteiger partial charge in [0.15, 0.2) is 0 Å². The lowest BCUT2D eigenvalue weighted by atomic mass is 9.98. The predicted molar refractivity (Wildman–Crippen MR) is 110 cm³/mol. The molecule has 0 unspecified atom stereocenters. The number of sulfonamides is 1. The number of hydrogen-bond donors (Lipinski definition) is 2. The minimum atomic E-state index is -3.64. The normalized spacial score (nSPS) is 16.0. The molecule has 1 aliphatic heterocycles. The summed E-state index contributed by atoms with van der Waals surface area (Å²) >= 11 is 0.